The van der Waals surface area contributed by atoms with Crippen molar-refractivity contribution in [1.29, 1.82) is 0 Å². The normalized spacial score (nSPS) is 39.3. The molecule has 10 heavy (non-hydrogen) atoms. The van der Waals surface area contributed by atoms with E-state index in [9.17, 15) is 8.78 Å². The number of alkyl halides is 3. The SMILES string of the molecule is FC1(F)CC(CBr)C12CC2. The fourth-order valence-corrected chi connectivity index (χ4v) is 2.84. The second-order valence-corrected chi connectivity index (χ2v) is 4.06. The van der Waals surface area contributed by atoms with Crippen LogP contribution in [0.15, 0.2) is 0 Å². The molecule has 2 aliphatic carbocycles. The van der Waals surface area contributed by atoms with E-state index in [1.165, 1.54) is 0 Å². The first kappa shape index (κ1) is 7.01. The van der Waals surface area contributed by atoms with E-state index in [1.54, 1.807) is 0 Å². The molecule has 2 aliphatic rings. The summed E-state index contributed by atoms with van der Waals surface area (Å²) in [5, 5.41) is 0.753. The van der Waals surface area contributed by atoms with Gasteiger partial charge in [0.1, 0.15) is 0 Å². The lowest BCUT2D eigenvalue weighted by atomic mass is 9.68. The van der Waals surface area contributed by atoms with E-state index in [4.69, 9.17) is 0 Å². The molecule has 2 saturated carbocycles. The van der Waals surface area contributed by atoms with Crippen molar-refractivity contribution in [2.75, 3.05) is 5.33 Å². The van der Waals surface area contributed by atoms with Crippen LogP contribution in [0.1, 0.15) is 19.3 Å². The summed E-state index contributed by atoms with van der Waals surface area (Å²) in [6.45, 7) is 0. The van der Waals surface area contributed by atoms with Crippen molar-refractivity contribution in [3.63, 3.8) is 0 Å². The van der Waals surface area contributed by atoms with Gasteiger partial charge < -0.3 is 0 Å². The second kappa shape index (κ2) is 1.74. The molecule has 0 nitrogen and oxygen atoms in total. The van der Waals surface area contributed by atoms with Crippen LogP contribution in [0.3, 0.4) is 0 Å². The molecule has 0 aromatic heterocycles. The summed E-state index contributed by atoms with van der Waals surface area (Å²) >= 11 is 3.26. The van der Waals surface area contributed by atoms with Crippen molar-refractivity contribution < 1.29 is 8.78 Å². The Morgan fingerprint density at radius 3 is 2.20 bits per heavy atom. The molecule has 0 aromatic carbocycles. The van der Waals surface area contributed by atoms with E-state index in [1.807, 2.05) is 0 Å². The summed E-state index contributed by atoms with van der Waals surface area (Å²) < 4.78 is 25.6. The van der Waals surface area contributed by atoms with Gasteiger partial charge in [0.25, 0.3) is 5.92 Å². The van der Waals surface area contributed by atoms with Crippen molar-refractivity contribution in [2.24, 2.45) is 11.3 Å². The highest BCUT2D eigenvalue weighted by Gasteiger charge is 2.73. The third kappa shape index (κ3) is 0.601. The van der Waals surface area contributed by atoms with Crippen LogP contribution in [0.4, 0.5) is 8.78 Å². The maximum Gasteiger partial charge on any atom is 0.254 e. The maximum absolute atomic E-state index is 12.8. The Morgan fingerprint density at radius 1 is 1.40 bits per heavy atom. The van der Waals surface area contributed by atoms with Crippen LogP contribution in [0.25, 0.3) is 0 Å². The van der Waals surface area contributed by atoms with Gasteiger partial charge in [-0.15, -0.1) is 0 Å². The number of hydrogen-bond donors (Lipinski definition) is 0. The maximum atomic E-state index is 12.8. The highest BCUT2D eigenvalue weighted by molar-refractivity contribution is 9.09. The summed E-state index contributed by atoms with van der Waals surface area (Å²) in [5.41, 5.74) is -0.545. The average molecular weight is 211 g/mol. The molecule has 58 valence electrons. The molecular weight excluding hydrogens is 202 g/mol. The molecular formula is C7H9BrF2. The van der Waals surface area contributed by atoms with Gasteiger partial charge in [0.05, 0.1) is 0 Å². The van der Waals surface area contributed by atoms with E-state index in [-0.39, 0.29) is 12.3 Å². The molecule has 0 N–H and O–H groups in total. The number of hydrogen-bond acceptors (Lipinski definition) is 0. The largest absolute Gasteiger partial charge is 0.254 e. The Bertz CT molecular complexity index is 163. The first-order valence-corrected chi connectivity index (χ1v) is 4.68. The van der Waals surface area contributed by atoms with Crippen LogP contribution in [0.2, 0.25) is 0 Å². The molecule has 1 unspecified atom stereocenters. The fraction of sp³-hybridized carbons (Fsp3) is 1.00. The molecule has 1 spiro atoms. The van der Waals surface area contributed by atoms with E-state index < -0.39 is 11.3 Å². The predicted molar refractivity (Wildman–Crippen MR) is 38.5 cm³/mol. The quantitative estimate of drug-likeness (QED) is 0.585. The number of halogens is 3. The number of rotatable bonds is 1. The zero-order valence-electron chi connectivity index (χ0n) is 5.54. The monoisotopic (exact) mass is 210 g/mol. The molecule has 0 bridgehead atoms. The lowest BCUT2D eigenvalue weighted by Gasteiger charge is -2.44. The topological polar surface area (TPSA) is 0 Å². The molecule has 0 heterocycles. The van der Waals surface area contributed by atoms with Gasteiger partial charge in [-0.1, -0.05) is 15.9 Å². The smallest absolute Gasteiger partial charge is 0.206 e. The van der Waals surface area contributed by atoms with Crippen LogP contribution >= 0.6 is 15.9 Å². The lowest BCUT2D eigenvalue weighted by molar-refractivity contribution is -0.184. The summed E-state index contributed by atoms with van der Waals surface area (Å²) in [5.74, 6) is -2.08. The fourth-order valence-electron chi connectivity index (χ4n) is 1.99. The average Bonchev–Trinajstić information content (AvgIpc) is 2.62. The highest BCUT2D eigenvalue weighted by Crippen LogP contribution is 2.72. The van der Waals surface area contributed by atoms with E-state index in [0.717, 1.165) is 18.2 Å². The third-order valence-electron chi connectivity index (χ3n) is 2.99. The first-order chi connectivity index (χ1) is 4.62. The van der Waals surface area contributed by atoms with E-state index >= 15 is 0 Å². The third-order valence-corrected chi connectivity index (χ3v) is 3.77. The lowest BCUT2D eigenvalue weighted by Crippen LogP contribution is -2.50. The van der Waals surface area contributed by atoms with Crippen molar-refractivity contribution in [1.82, 2.24) is 0 Å². The molecule has 2 fully saturated rings. The molecule has 0 aliphatic heterocycles. The van der Waals surface area contributed by atoms with Crippen molar-refractivity contribution in [3.05, 3.63) is 0 Å². The molecule has 3 heteroatoms. The van der Waals surface area contributed by atoms with Crippen molar-refractivity contribution >= 4 is 15.9 Å². The van der Waals surface area contributed by atoms with Gasteiger partial charge in [-0.2, -0.15) is 0 Å². The summed E-state index contributed by atoms with van der Waals surface area (Å²) in [4.78, 5) is 0. The minimum Gasteiger partial charge on any atom is -0.206 e. The van der Waals surface area contributed by atoms with E-state index in [2.05, 4.69) is 15.9 Å². The second-order valence-electron chi connectivity index (χ2n) is 3.42. The Kier molecular flexibility index (Phi) is 1.22. The molecule has 1 atom stereocenters. The Balaban J connectivity index is 2.12. The van der Waals surface area contributed by atoms with Crippen LogP contribution in [-0.4, -0.2) is 11.3 Å². The Morgan fingerprint density at radius 2 is 2.00 bits per heavy atom. The summed E-state index contributed by atoms with van der Waals surface area (Å²) in [7, 11) is 0. The van der Waals surface area contributed by atoms with E-state index in [0.29, 0.717) is 0 Å². The zero-order valence-corrected chi connectivity index (χ0v) is 7.13. The molecule has 0 saturated heterocycles. The van der Waals surface area contributed by atoms with Crippen LogP contribution in [0.5, 0.6) is 0 Å². The van der Waals surface area contributed by atoms with Crippen molar-refractivity contribution in [3.8, 4) is 0 Å². The summed E-state index contributed by atoms with van der Waals surface area (Å²) in [6, 6.07) is 0. The van der Waals surface area contributed by atoms with Gasteiger partial charge in [-0.3, -0.25) is 0 Å². The minimum absolute atomic E-state index is 0.109. The van der Waals surface area contributed by atoms with Crippen molar-refractivity contribution in [2.45, 2.75) is 25.2 Å². The highest BCUT2D eigenvalue weighted by atomic mass is 79.9. The summed E-state index contributed by atoms with van der Waals surface area (Å²) in [6.07, 6.45) is 1.60. The molecule has 0 radical (unpaired) electrons. The zero-order chi connectivity index (χ0) is 7.41. The van der Waals surface area contributed by atoms with Crippen LogP contribution in [0, 0.1) is 11.3 Å². The minimum atomic E-state index is -2.33. The van der Waals surface area contributed by atoms with Gasteiger partial charge in [-0.25, -0.2) is 8.78 Å². The van der Waals surface area contributed by atoms with Gasteiger partial charge >= 0.3 is 0 Å². The van der Waals surface area contributed by atoms with Crippen LogP contribution in [-0.2, 0) is 0 Å². The molecule has 2 rings (SSSR count). The van der Waals surface area contributed by atoms with Gasteiger partial charge in [0.15, 0.2) is 0 Å². The van der Waals surface area contributed by atoms with Gasteiger partial charge in [0.2, 0.25) is 0 Å². The Labute approximate surface area is 67.1 Å². The first-order valence-electron chi connectivity index (χ1n) is 3.56. The predicted octanol–water partition coefficient (Wildman–Crippen LogP) is 2.82. The van der Waals surface area contributed by atoms with Gasteiger partial charge in [0, 0.05) is 17.2 Å². The molecule has 0 amide bonds. The Hall–Kier alpha value is 0.340. The van der Waals surface area contributed by atoms with Crippen LogP contribution < -0.4 is 0 Å². The van der Waals surface area contributed by atoms with Gasteiger partial charge in [-0.05, 0) is 18.8 Å². The molecule has 0 aromatic rings. The standard InChI is InChI=1S/C7H9BrF2/c8-4-5-3-7(9,10)6(5)1-2-6/h5H,1-4H2.